The number of piperidine rings is 1. The lowest BCUT2D eigenvalue weighted by molar-refractivity contribution is 0.102. The van der Waals surface area contributed by atoms with E-state index in [2.05, 4.69) is 10.2 Å². The van der Waals surface area contributed by atoms with E-state index in [0.717, 1.165) is 31.6 Å². The normalized spacial score (nSPS) is 14.5. The van der Waals surface area contributed by atoms with Crippen molar-refractivity contribution in [2.24, 2.45) is 7.05 Å². The number of aromatic nitrogens is 1. The van der Waals surface area contributed by atoms with Gasteiger partial charge >= 0.3 is 0 Å². The fourth-order valence-corrected chi connectivity index (χ4v) is 3.08. The first-order chi connectivity index (χ1) is 11.5. The van der Waals surface area contributed by atoms with Crippen LogP contribution in [0.25, 0.3) is 0 Å². The molecule has 3 rings (SSSR count). The van der Waals surface area contributed by atoms with Gasteiger partial charge in [0, 0.05) is 43.0 Å². The third kappa shape index (κ3) is 3.62. The highest BCUT2D eigenvalue weighted by molar-refractivity contribution is 6.31. The number of hydrogen-bond donors (Lipinski definition) is 1. The van der Waals surface area contributed by atoms with Crippen LogP contribution in [-0.2, 0) is 7.05 Å². The van der Waals surface area contributed by atoms with E-state index in [0.29, 0.717) is 16.3 Å². The number of nitrogens with one attached hydrogen (secondary N) is 1. The molecule has 1 amide bonds. The van der Waals surface area contributed by atoms with Crippen LogP contribution < -0.4 is 15.8 Å². The lowest BCUT2D eigenvalue weighted by Gasteiger charge is -2.30. The SMILES string of the molecule is Cn1ccc(C(=O)Nc2cc(Cl)ccc2N2CCCCC2)cc1=O. The Morgan fingerprint density at radius 3 is 2.58 bits per heavy atom. The van der Waals surface area contributed by atoms with E-state index in [1.54, 1.807) is 25.4 Å². The van der Waals surface area contributed by atoms with Crippen LogP contribution in [0, 0.1) is 0 Å². The van der Waals surface area contributed by atoms with Gasteiger partial charge in [-0.2, -0.15) is 0 Å². The van der Waals surface area contributed by atoms with E-state index in [4.69, 9.17) is 11.6 Å². The summed E-state index contributed by atoms with van der Waals surface area (Å²) < 4.78 is 1.43. The van der Waals surface area contributed by atoms with Crippen LogP contribution in [0.15, 0.2) is 41.3 Å². The van der Waals surface area contributed by atoms with Gasteiger partial charge in [0.25, 0.3) is 11.5 Å². The molecule has 0 bridgehead atoms. The average Bonchev–Trinajstić information content (AvgIpc) is 2.58. The van der Waals surface area contributed by atoms with Crippen molar-refractivity contribution in [3.8, 4) is 0 Å². The van der Waals surface area contributed by atoms with Gasteiger partial charge in [0.15, 0.2) is 0 Å². The summed E-state index contributed by atoms with van der Waals surface area (Å²) in [5.41, 5.74) is 1.76. The predicted molar refractivity (Wildman–Crippen MR) is 97.2 cm³/mol. The van der Waals surface area contributed by atoms with Crippen molar-refractivity contribution in [2.75, 3.05) is 23.3 Å². The molecule has 2 aromatic rings. The van der Waals surface area contributed by atoms with Crippen molar-refractivity contribution in [1.29, 1.82) is 0 Å². The minimum absolute atomic E-state index is 0.218. The second-order valence-electron chi connectivity index (χ2n) is 6.03. The summed E-state index contributed by atoms with van der Waals surface area (Å²) in [5, 5.41) is 3.46. The summed E-state index contributed by atoms with van der Waals surface area (Å²) in [5.74, 6) is -0.312. The van der Waals surface area contributed by atoms with E-state index < -0.39 is 0 Å². The smallest absolute Gasteiger partial charge is 0.255 e. The Kier molecular flexibility index (Phi) is 4.90. The lowest BCUT2D eigenvalue weighted by atomic mass is 10.1. The Hall–Kier alpha value is -2.27. The molecule has 126 valence electrons. The van der Waals surface area contributed by atoms with Crippen LogP contribution >= 0.6 is 11.6 Å². The minimum Gasteiger partial charge on any atom is -0.370 e. The van der Waals surface area contributed by atoms with Gasteiger partial charge < -0.3 is 14.8 Å². The van der Waals surface area contributed by atoms with Crippen LogP contribution in [0.2, 0.25) is 5.02 Å². The van der Waals surface area contributed by atoms with Crippen molar-refractivity contribution in [2.45, 2.75) is 19.3 Å². The van der Waals surface area contributed by atoms with E-state index in [1.165, 1.54) is 17.1 Å². The number of rotatable bonds is 3. The second-order valence-corrected chi connectivity index (χ2v) is 6.46. The first-order valence-electron chi connectivity index (χ1n) is 8.07. The molecule has 1 aliphatic heterocycles. The molecule has 1 aliphatic rings. The summed E-state index contributed by atoms with van der Waals surface area (Å²) in [4.78, 5) is 26.5. The number of carbonyl (C=O) groups excluding carboxylic acids is 1. The van der Waals surface area contributed by atoms with Gasteiger partial charge in [0.2, 0.25) is 0 Å². The van der Waals surface area contributed by atoms with Gasteiger partial charge in [-0.3, -0.25) is 9.59 Å². The standard InChI is InChI=1S/C18H20ClN3O2/c1-21-10-7-13(11-17(21)23)18(24)20-15-12-14(19)5-6-16(15)22-8-3-2-4-9-22/h5-7,10-12H,2-4,8-9H2,1H3,(H,20,24). The lowest BCUT2D eigenvalue weighted by Crippen LogP contribution is -2.30. The van der Waals surface area contributed by atoms with Gasteiger partial charge in [-0.15, -0.1) is 0 Å². The fourth-order valence-electron chi connectivity index (χ4n) is 2.90. The van der Waals surface area contributed by atoms with Crippen LogP contribution in [0.3, 0.4) is 0 Å². The molecular formula is C18H20ClN3O2. The Labute approximate surface area is 145 Å². The number of benzene rings is 1. The summed E-state index contributed by atoms with van der Waals surface area (Å²) in [6.07, 6.45) is 5.11. The number of hydrogen-bond acceptors (Lipinski definition) is 3. The molecule has 0 spiro atoms. The molecule has 5 nitrogen and oxygen atoms in total. The maximum Gasteiger partial charge on any atom is 0.255 e. The molecule has 6 heteroatoms. The molecule has 24 heavy (non-hydrogen) atoms. The number of carbonyl (C=O) groups is 1. The third-order valence-electron chi connectivity index (χ3n) is 4.27. The second kappa shape index (κ2) is 7.09. The van der Waals surface area contributed by atoms with Crippen LogP contribution in [-0.4, -0.2) is 23.6 Å². The van der Waals surface area contributed by atoms with Crippen molar-refractivity contribution >= 4 is 28.9 Å². The van der Waals surface area contributed by atoms with Crippen molar-refractivity contribution in [3.05, 3.63) is 57.5 Å². The van der Waals surface area contributed by atoms with Gasteiger partial charge in [-0.05, 0) is 43.5 Å². The molecule has 0 radical (unpaired) electrons. The van der Waals surface area contributed by atoms with Crippen molar-refractivity contribution < 1.29 is 4.79 Å². The summed E-state index contributed by atoms with van der Waals surface area (Å²) in [6.45, 7) is 1.94. The number of amides is 1. The van der Waals surface area contributed by atoms with E-state index in [9.17, 15) is 9.59 Å². The van der Waals surface area contributed by atoms with Gasteiger partial charge in [-0.1, -0.05) is 11.6 Å². The topological polar surface area (TPSA) is 54.3 Å². The molecular weight excluding hydrogens is 326 g/mol. The Bertz CT molecular complexity index is 810. The predicted octanol–water partition coefficient (Wildman–Crippen LogP) is 3.28. The van der Waals surface area contributed by atoms with Crippen molar-refractivity contribution in [1.82, 2.24) is 4.57 Å². The molecule has 0 atom stereocenters. The number of nitrogens with zero attached hydrogens (tertiary/aromatic N) is 2. The van der Waals surface area contributed by atoms with E-state index in [-0.39, 0.29) is 11.5 Å². The third-order valence-corrected chi connectivity index (χ3v) is 4.51. The largest absolute Gasteiger partial charge is 0.370 e. The average molecular weight is 346 g/mol. The molecule has 0 aliphatic carbocycles. The maximum absolute atomic E-state index is 12.5. The van der Waals surface area contributed by atoms with Crippen LogP contribution in [0.1, 0.15) is 29.6 Å². The van der Waals surface area contributed by atoms with E-state index in [1.807, 2.05) is 12.1 Å². The molecule has 1 aromatic carbocycles. The van der Waals surface area contributed by atoms with E-state index >= 15 is 0 Å². The highest BCUT2D eigenvalue weighted by Gasteiger charge is 2.17. The van der Waals surface area contributed by atoms with Gasteiger partial charge in [-0.25, -0.2) is 0 Å². The van der Waals surface area contributed by atoms with Crippen molar-refractivity contribution in [3.63, 3.8) is 0 Å². The maximum atomic E-state index is 12.5. The number of anilines is 2. The highest BCUT2D eigenvalue weighted by atomic mass is 35.5. The molecule has 1 saturated heterocycles. The molecule has 1 N–H and O–H groups in total. The first-order valence-corrected chi connectivity index (χ1v) is 8.45. The highest BCUT2D eigenvalue weighted by Crippen LogP contribution is 2.31. The number of aryl methyl sites for hydroxylation is 1. The zero-order valence-electron chi connectivity index (χ0n) is 13.6. The Balaban J connectivity index is 1.87. The molecule has 2 heterocycles. The van der Waals surface area contributed by atoms with Crippen LogP contribution in [0.4, 0.5) is 11.4 Å². The monoisotopic (exact) mass is 345 g/mol. The Morgan fingerprint density at radius 2 is 1.88 bits per heavy atom. The van der Waals surface area contributed by atoms with Crippen LogP contribution in [0.5, 0.6) is 0 Å². The zero-order chi connectivity index (χ0) is 17.1. The number of pyridine rings is 1. The zero-order valence-corrected chi connectivity index (χ0v) is 14.3. The summed E-state index contributed by atoms with van der Waals surface area (Å²) >= 11 is 6.11. The summed E-state index contributed by atoms with van der Waals surface area (Å²) in [7, 11) is 1.65. The van der Waals surface area contributed by atoms with Gasteiger partial charge in [0.05, 0.1) is 11.4 Å². The molecule has 0 unspecified atom stereocenters. The molecule has 1 fully saturated rings. The first kappa shape index (κ1) is 16.6. The molecule has 0 saturated carbocycles. The summed E-state index contributed by atoms with van der Waals surface area (Å²) in [6, 6.07) is 8.49. The quantitative estimate of drug-likeness (QED) is 0.928. The minimum atomic E-state index is -0.312. The fraction of sp³-hybridized carbons (Fsp3) is 0.333. The number of halogens is 1. The molecule has 1 aromatic heterocycles. The van der Waals surface area contributed by atoms with Gasteiger partial charge in [0.1, 0.15) is 0 Å². The Morgan fingerprint density at radius 1 is 1.12 bits per heavy atom.